The van der Waals surface area contributed by atoms with Crippen LogP contribution in [0.3, 0.4) is 0 Å². The van der Waals surface area contributed by atoms with Crippen LogP contribution in [0.1, 0.15) is 13.8 Å². The molecule has 0 bridgehead atoms. The largest absolute Gasteiger partial charge is 0.280 e. The van der Waals surface area contributed by atoms with E-state index in [2.05, 4.69) is 0 Å². The monoisotopic (exact) mass is 188 g/mol. The van der Waals surface area contributed by atoms with Crippen LogP contribution in [0.4, 0.5) is 0 Å². The summed E-state index contributed by atoms with van der Waals surface area (Å²) < 4.78 is 0.422. The lowest BCUT2D eigenvalue weighted by Gasteiger charge is -2.03. The lowest BCUT2D eigenvalue weighted by atomic mass is 10.3. The summed E-state index contributed by atoms with van der Waals surface area (Å²) in [7, 11) is 0. The molecule has 0 radical (unpaired) electrons. The van der Waals surface area contributed by atoms with Crippen molar-refractivity contribution in [3.63, 3.8) is 0 Å². The van der Waals surface area contributed by atoms with Gasteiger partial charge >= 0.3 is 0 Å². The summed E-state index contributed by atoms with van der Waals surface area (Å²) in [5.41, 5.74) is 0.954. The highest BCUT2D eigenvalue weighted by atomic mass is 32.2. The highest BCUT2D eigenvalue weighted by Gasteiger charge is 2.30. The number of hydrazine groups is 1. The maximum atomic E-state index is 11.2. The molecular weight excluding hydrogens is 180 g/mol. The molecular formula is C6H8N2OS2. The minimum absolute atomic E-state index is 0.194. The number of allylic oxidation sites excluding steroid dienone is 1. The fourth-order valence-corrected chi connectivity index (χ4v) is 1.77. The van der Waals surface area contributed by atoms with E-state index in [-0.39, 0.29) is 5.91 Å². The third-order valence-corrected chi connectivity index (χ3v) is 2.86. The molecule has 3 nitrogen and oxygen atoms in total. The topological polar surface area (TPSA) is 46.3 Å². The number of hydrogen-bond acceptors (Lipinski definition) is 4. The van der Waals surface area contributed by atoms with Gasteiger partial charge in [0.15, 0.2) is 4.32 Å². The van der Waals surface area contributed by atoms with Crippen LogP contribution in [-0.2, 0) is 4.79 Å². The van der Waals surface area contributed by atoms with Gasteiger partial charge in [-0.25, -0.2) is 10.9 Å². The van der Waals surface area contributed by atoms with Crippen molar-refractivity contribution in [1.82, 2.24) is 5.01 Å². The standard InChI is InChI=1S/C6H8N2OS2/c1-3(2)4-5(9)8(7)6(10)11-4/h7H2,1-2H3. The second-order valence-electron chi connectivity index (χ2n) is 2.37. The van der Waals surface area contributed by atoms with Crippen LogP contribution in [0, 0.1) is 0 Å². The number of thiocarbonyl (C=S) groups is 1. The van der Waals surface area contributed by atoms with Crippen LogP contribution >= 0.6 is 24.0 Å². The number of carbonyl (C=O) groups excluding carboxylic acids is 1. The number of rotatable bonds is 0. The summed E-state index contributed by atoms with van der Waals surface area (Å²) in [5, 5.41) is 1.00. The molecule has 1 aliphatic heterocycles. The van der Waals surface area contributed by atoms with Gasteiger partial charge in [0.1, 0.15) is 0 Å². The zero-order valence-electron chi connectivity index (χ0n) is 6.25. The fraction of sp³-hybridized carbons (Fsp3) is 0.333. The van der Waals surface area contributed by atoms with Gasteiger partial charge in [-0.15, -0.1) is 0 Å². The average molecular weight is 188 g/mol. The predicted octanol–water partition coefficient (Wildman–Crippen LogP) is 1.01. The third kappa shape index (κ3) is 1.45. The highest BCUT2D eigenvalue weighted by molar-refractivity contribution is 8.26. The molecule has 2 N–H and O–H groups in total. The first kappa shape index (κ1) is 8.70. The Hall–Kier alpha value is -0.390. The maximum absolute atomic E-state index is 11.2. The normalized spacial score (nSPS) is 18.1. The van der Waals surface area contributed by atoms with E-state index in [9.17, 15) is 4.79 Å². The molecule has 0 aromatic carbocycles. The Labute approximate surface area is 74.6 Å². The second kappa shape index (κ2) is 2.92. The molecule has 0 aliphatic carbocycles. The molecule has 0 aromatic heterocycles. The van der Waals surface area contributed by atoms with Gasteiger partial charge in [0.05, 0.1) is 4.91 Å². The molecule has 1 saturated heterocycles. The summed E-state index contributed by atoms with van der Waals surface area (Å²) in [6, 6.07) is 0. The molecule has 0 spiro atoms. The molecule has 0 saturated carbocycles. The van der Waals surface area contributed by atoms with Crippen molar-refractivity contribution in [2.75, 3.05) is 0 Å². The summed E-state index contributed by atoms with van der Waals surface area (Å²) in [6.07, 6.45) is 0. The van der Waals surface area contributed by atoms with Crippen LogP contribution in [0.25, 0.3) is 0 Å². The predicted molar refractivity (Wildman–Crippen MR) is 49.6 cm³/mol. The van der Waals surface area contributed by atoms with E-state index in [0.717, 1.165) is 10.6 Å². The zero-order chi connectivity index (χ0) is 8.59. The van der Waals surface area contributed by atoms with E-state index >= 15 is 0 Å². The SMILES string of the molecule is CC(C)=C1SC(=S)N(N)C1=O. The minimum Gasteiger partial charge on any atom is -0.267 e. The minimum atomic E-state index is -0.194. The molecule has 5 heteroatoms. The van der Waals surface area contributed by atoms with E-state index < -0.39 is 0 Å². The van der Waals surface area contributed by atoms with E-state index in [1.807, 2.05) is 13.8 Å². The van der Waals surface area contributed by atoms with Gasteiger partial charge in [0, 0.05) is 0 Å². The van der Waals surface area contributed by atoms with E-state index in [0.29, 0.717) is 9.23 Å². The molecule has 1 aliphatic rings. The van der Waals surface area contributed by atoms with Gasteiger partial charge in [-0.05, 0) is 13.8 Å². The number of nitrogens with two attached hydrogens (primary N) is 1. The van der Waals surface area contributed by atoms with Crippen molar-refractivity contribution in [3.05, 3.63) is 10.5 Å². The van der Waals surface area contributed by atoms with Crippen molar-refractivity contribution in [3.8, 4) is 0 Å². The highest BCUT2D eigenvalue weighted by Crippen LogP contribution is 2.30. The van der Waals surface area contributed by atoms with Crippen LogP contribution in [-0.4, -0.2) is 15.2 Å². The fourth-order valence-electron chi connectivity index (χ4n) is 0.688. The molecule has 0 aromatic rings. The lowest BCUT2D eigenvalue weighted by Crippen LogP contribution is -2.34. The van der Waals surface area contributed by atoms with Gasteiger partial charge in [0.2, 0.25) is 0 Å². The number of carbonyl (C=O) groups is 1. The van der Waals surface area contributed by atoms with Gasteiger partial charge in [-0.2, -0.15) is 0 Å². The van der Waals surface area contributed by atoms with Crippen molar-refractivity contribution in [2.45, 2.75) is 13.8 Å². The van der Waals surface area contributed by atoms with Crippen LogP contribution in [0.5, 0.6) is 0 Å². The number of thioether (sulfide) groups is 1. The first-order valence-electron chi connectivity index (χ1n) is 3.02. The van der Waals surface area contributed by atoms with E-state index in [1.54, 1.807) is 0 Å². The number of hydrogen-bond donors (Lipinski definition) is 1. The molecule has 1 rings (SSSR count). The summed E-state index contributed by atoms with van der Waals surface area (Å²) >= 11 is 6.08. The Bertz CT molecular complexity index is 255. The quantitative estimate of drug-likeness (QED) is 0.267. The average Bonchev–Trinajstić information content (AvgIpc) is 2.17. The Morgan fingerprint density at radius 1 is 1.64 bits per heavy atom. The zero-order valence-corrected chi connectivity index (χ0v) is 7.88. The Morgan fingerprint density at radius 2 is 2.18 bits per heavy atom. The Morgan fingerprint density at radius 3 is 2.36 bits per heavy atom. The van der Waals surface area contributed by atoms with Crippen molar-refractivity contribution in [2.24, 2.45) is 5.84 Å². The Kier molecular flexibility index (Phi) is 2.31. The van der Waals surface area contributed by atoms with Crippen molar-refractivity contribution < 1.29 is 4.79 Å². The first-order chi connectivity index (χ1) is 5.04. The number of nitrogens with zero attached hydrogens (tertiary/aromatic N) is 1. The molecule has 1 fully saturated rings. The van der Waals surface area contributed by atoms with Crippen LogP contribution in [0.15, 0.2) is 10.5 Å². The third-order valence-electron chi connectivity index (χ3n) is 1.25. The summed E-state index contributed by atoms with van der Waals surface area (Å²) in [6.45, 7) is 3.73. The summed E-state index contributed by atoms with van der Waals surface area (Å²) in [4.78, 5) is 11.8. The Balaban J connectivity index is 3.02. The summed E-state index contributed by atoms with van der Waals surface area (Å²) in [5.74, 6) is 5.14. The van der Waals surface area contributed by atoms with Gasteiger partial charge in [-0.1, -0.05) is 29.6 Å². The van der Waals surface area contributed by atoms with Gasteiger partial charge in [-0.3, -0.25) is 4.79 Å². The van der Waals surface area contributed by atoms with Crippen LogP contribution < -0.4 is 5.84 Å². The second-order valence-corrected chi connectivity index (χ2v) is 4.02. The molecule has 11 heavy (non-hydrogen) atoms. The number of amides is 1. The maximum Gasteiger partial charge on any atom is 0.280 e. The van der Waals surface area contributed by atoms with Crippen molar-refractivity contribution in [1.29, 1.82) is 0 Å². The first-order valence-corrected chi connectivity index (χ1v) is 4.25. The molecule has 1 heterocycles. The van der Waals surface area contributed by atoms with Gasteiger partial charge < -0.3 is 0 Å². The molecule has 1 amide bonds. The van der Waals surface area contributed by atoms with E-state index in [1.165, 1.54) is 11.8 Å². The molecule has 0 unspecified atom stereocenters. The lowest BCUT2D eigenvalue weighted by molar-refractivity contribution is -0.122. The van der Waals surface area contributed by atoms with Crippen LogP contribution in [0.2, 0.25) is 0 Å². The van der Waals surface area contributed by atoms with Crippen molar-refractivity contribution >= 4 is 34.2 Å². The van der Waals surface area contributed by atoms with Gasteiger partial charge in [0.25, 0.3) is 5.91 Å². The molecule has 0 atom stereocenters. The smallest absolute Gasteiger partial charge is 0.267 e. The molecule has 60 valence electrons. The van der Waals surface area contributed by atoms with E-state index in [4.69, 9.17) is 18.1 Å².